The summed E-state index contributed by atoms with van der Waals surface area (Å²) in [5.41, 5.74) is 0.903. The van der Waals surface area contributed by atoms with Crippen molar-refractivity contribution in [2.75, 3.05) is 11.3 Å². The first kappa shape index (κ1) is 15.3. The Morgan fingerprint density at radius 1 is 1.19 bits per heavy atom. The van der Waals surface area contributed by atoms with Crippen molar-refractivity contribution in [3.63, 3.8) is 0 Å². The molecule has 4 nitrogen and oxygen atoms in total. The van der Waals surface area contributed by atoms with Gasteiger partial charge in [-0.3, -0.25) is 4.72 Å². The Morgan fingerprint density at radius 3 is 2.57 bits per heavy atom. The van der Waals surface area contributed by atoms with E-state index in [9.17, 15) is 12.8 Å². The lowest BCUT2D eigenvalue weighted by molar-refractivity contribution is 0.337. The highest BCUT2D eigenvalue weighted by atomic mass is 32.2. The summed E-state index contributed by atoms with van der Waals surface area (Å²) in [5, 5.41) is 0. The molecule has 0 fully saturated rings. The van der Waals surface area contributed by atoms with Crippen molar-refractivity contribution >= 4 is 15.7 Å². The van der Waals surface area contributed by atoms with Crippen molar-refractivity contribution in [1.82, 2.24) is 0 Å². The highest BCUT2D eigenvalue weighted by molar-refractivity contribution is 7.92. The lowest BCUT2D eigenvalue weighted by atomic mass is 10.2. The molecule has 0 unspecified atom stereocenters. The highest BCUT2D eigenvalue weighted by Gasteiger charge is 2.16. The van der Waals surface area contributed by atoms with Crippen LogP contribution in [0, 0.1) is 12.7 Å². The van der Waals surface area contributed by atoms with Gasteiger partial charge >= 0.3 is 0 Å². The van der Waals surface area contributed by atoms with Crippen molar-refractivity contribution in [2.45, 2.75) is 18.7 Å². The van der Waals surface area contributed by atoms with Crippen LogP contribution in [0.15, 0.2) is 47.4 Å². The predicted molar refractivity (Wildman–Crippen MR) is 79.6 cm³/mol. The van der Waals surface area contributed by atoms with E-state index in [0.29, 0.717) is 12.4 Å². The van der Waals surface area contributed by atoms with Gasteiger partial charge < -0.3 is 4.74 Å². The molecule has 21 heavy (non-hydrogen) atoms. The van der Waals surface area contributed by atoms with Gasteiger partial charge in [-0.1, -0.05) is 6.07 Å². The van der Waals surface area contributed by atoms with Gasteiger partial charge in [0.05, 0.1) is 17.2 Å². The molecule has 0 heterocycles. The molecule has 0 bridgehead atoms. The number of sulfonamides is 1. The van der Waals surface area contributed by atoms with Crippen molar-refractivity contribution in [3.8, 4) is 5.75 Å². The molecule has 0 spiro atoms. The number of anilines is 1. The standard InChI is InChI=1S/C15H16FNO3S/c1-3-20-15-8-7-14(9-11(15)2)21(18,19)17-13-6-4-5-12(16)10-13/h4-10,17H,3H2,1-2H3. The molecule has 0 saturated carbocycles. The van der Waals surface area contributed by atoms with Gasteiger partial charge in [0.1, 0.15) is 11.6 Å². The zero-order valence-corrected chi connectivity index (χ0v) is 12.6. The predicted octanol–water partition coefficient (Wildman–Crippen LogP) is 3.33. The van der Waals surface area contributed by atoms with E-state index >= 15 is 0 Å². The topological polar surface area (TPSA) is 55.4 Å². The van der Waals surface area contributed by atoms with E-state index in [1.807, 2.05) is 6.92 Å². The van der Waals surface area contributed by atoms with Crippen molar-refractivity contribution < 1.29 is 17.5 Å². The van der Waals surface area contributed by atoms with Gasteiger partial charge in [-0.2, -0.15) is 0 Å². The largest absolute Gasteiger partial charge is 0.494 e. The fourth-order valence-corrected chi connectivity index (χ4v) is 3.01. The Labute approximate surface area is 123 Å². The van der Waals surface area contributed by atoms with Gasteiger partial charge in [-0.25, -0.2) is 12.8 Å². The number of hydrogen-bond acceptors (Lipinski definition) is 3. The van der Waals surface area contributed by atoms with Crippen LogP contribution in [-0.4, -0.2) is 15.0 Å². The van der Waals surface area contributed by atoms with E-state index in [0.717, 1.165) is 11.6 Å². The summed E-state index contributed by atoms with van der Waals surface area (Å²) in [6, 6.07) is 9.89. The molecule has 2 aromatic carbocycles. The van der Waals surface area contributed by atoms with E-state index < -0.39 is 15.8 Å². The smallest absolute Gasteiger partial charge is 0.261 e. The highest BCUT2D eigenvalue weighted by Crippen LogP contribution is 2.23. The molecule has 0 aliphatic carbocycles. The number of ether oxygens (including phenoxy) is 1. The first-order valence-electron chi connectivity index (χ1n) is 6.44. The van der Waals surface area contributed by atoms with Crippen LogP contribution >= 0.6 is 0 Å². The van der Waals surface area contributed by atoms with Gasteiger partial charge in [-0.15, -0.1) is 0 Å². The van der Waals surface area contributed by atoms with Gasteiger partial charge in [0.25, 0.3) is 10.0 Å². The number of halogens is 1. The average molecular weight is 309 g/mol. The normalized spacial score (nSPS) is 11.2. The van der Waals surface area contributed by atoms with Gasteiger partial charge in [0, 0.05) is 0 Å². The quantitative estimate of drug-likeness (QED) is 0.921. The summed E-state index contributed by atoms with van der Waals surface area (Å²) in [7, 11) is -3.76. The van der Waals surface area contributed by atoms with Crippen LogP contribution in [0.5, 0.6) is 5.75 Å². The first-order valence-corrected chi connectivity index (χ1v) is 7.92. The zero-order chi connectivity index (χ0) is 15.5. The first-order chi connectivity index (χ1) is 9.92. The van der Waals surface area contributed by atoms with Crippen LogP contribution in [0.1, 0.15) is 12.5 Å². The van der Waals surface area contributed by atoms with E-state index in [-0.39, 0.29) is 10.6 Å². The molecule has 0 aliphatic heterocycles. The summed E-state index contributed by atoms with van der Waals surface area (Å²) in [6.07, 6.45) is 0. The molecular formula is C15H16FNO3S. The Bertz CT molecular complexity index is 744. The molecule has 112 valence electrons. The van der Waals surface area contributed by atoms with Crippen molar-refractivity contribution in [2.24, 2.45) is 0 Å². The molecule has 0 saturated heterocycles. The Morgan fingerprint density at radius 2 is 1.95 bits per heavy atom. The van der Waals surface area contributed by atoms with Crippen LogP contribution in [-0.2, 0) is 10.0 Å². The molecule has 1 N–H and O–H groups in total. The molecular weight excluding hydrogens is 293 g/mol. The third-order valence-corrected chi connectivity index (χ3v) is 4.21. The number of hydrogen-bond donors (Lipinski definition) is 1. The van der Waals surface area contributed by atoms with Gasteiger partial charge in [0.15, 0.2) is 0 Å². The number of nitrogens with one attached hydrogen (secondary N) is 1. The van der Waals surface area contributed by atoms with Crippen molar-refractivity contribution in [1.29, 1.82) is 0 Å². The van der Waals surface area contributed by atoms with Gasteiger partial charge in [0.2, 0.25) is 0 Å². The maximum atomic E-state index is 13.1. The fraction of sp³-hybridized carbons (Fsp3) is 0.200. The number of benzene rings is 2. The summed E-state index contributed by atoms with van der Waals surface area (Å²) in [4.78, 5) is 0.104. The molecule has 0 atom stereocenters. The van der Waals surface area contributed by atoms with Crippen LogP contribution in [0.4, 0.5) is 10.1 Å². The number of aryl methyl sites for hydroxylation is 1. The van der Waals surface area contributed by atoms with Crippen LogP contribution in [0.25, 0.3) is 0 Å². The zero-order valence-electron chi connectivity index (χ0n) is 11.8. The molecule has 2 aromatic rings. The van der Waals surface area contributed by atoms with Crippen molar-refractivity contribution in [3.05, 3.63) is 53.8 Å². The third kappa shape index (κ3) is 3.72. The lowest BCUT2D eigenvalue weighted by Gasteiger charge is -2.11. The van der Waals surface area contributed by atoms with E-state index in [1.165, 1.54) is 30.3 Å². The molecule has 2 rings (SSSR count). The second kappa shape index (κ2) is 6.13. The monoisotopic (exact) mass is 309 g/mol. The second-order valence-corrected chi connectivity index (χ2v) is 6.16. The summed E-state index contributed by atoms with van der Waals surface area (Å²) < 4.78 is 45.3. The molecule has 6 heteroatoms. The molecule has 0 aromatic heterocycles. The minimum Gasteiger partial charge on any atom is -0.494 e. The van der Waals surface area contributed by atoms with E-state index in [4.69, 9.17) is 4.74 Å². The average Bonchev–Trinajstić information content (AvgIpc) is 2.40. The second-order valence-electron chi connectivity index (χ2n) is 4.48. The van der Waals surface area contributed by atoms with E-state index in [1.54, 1.807) is 13.0 Å². The lowest BCUT2D eigenvalue weighted by Crippen LogP contribution is -2.13. The summed E-state index contributed by atoms with van der Waals surface area (Å²) in [6.45, 7) is 4.14. The minimum absolute atomic E-state index is 0.104. The number of rotatable bonds is 5. The maximum absolute atomic E-state index is 13.1. The summed E-state index contributed by atoms with van der Waals surface area (Å²) in [5.74, 6) is 0.139. The van der Waals surface area contributed by atoms with E-state index in [2.05, 4.69) is 4.72 Å². The SMILES string of the molecule is CCOc1ccc(S(=O)(=O)Nc2cccc(F)c2)cc1C. The Balaban J connectivity index is 2.29. The molecule has 0 aliphatic rings. The van der Waals surface area contributed by atoms with Crippen LogP contribution in [0.2, 0.25) is 0 Å². The van der Waals surface area contributed by atoms with Gasteiger partial charge in [-0.05, 0) is 55.8 Å². The molecule has 0 radical (unpaired) electrons. The third-order valence-electron chi connectivity index (χ3n) is 2.83. The summed E-state index contributed by atoms with van der Waals surface area (Å²) >= 11 is 0. The Hall–Kier alpha value is -2.08. The van der Waals surface area contributed by atoms with Crippen LogP contribution in [0.3, 0.4) is 0 Å². The maximum Gasteiger partial charge on any atom is 0.261 e. The Kier molecular flexibility index (Phi) is 4.47. The fourth-order valence-electron chi connectivity index (χ4n) is 1.87. The van der Waals surface area contributed by atoms with Crippen LogP contribution < -0.4 is 9.46 Å². The minimum atomic E-state index is -3.76. The molecule has 0 amide bonds.